The average Bonchev–Trinajstić information content (AvgIpc) is 2.20. The van der Waals surface area contributed by atoms with Crippen molar-refractivity contribution in [1.82, 2.24) is 9.97 Å². The molecule has 0 saturated carbocycles. The van der Waals surface area contributed by atoms with E-state index in [-0.39, 0.29) is 11.4 Å². The first-order chi connectivity index (χ1) is 6.77. The van der Waals surface area contributed by atoms with E-state index < -0.39 is 11.6 Å². The van der Waals surface area contributed by atoms with E-state index >= 15 is 0 Å². The Labute approximate surface area is 79.3 Å². The summed E-state index contributed by atoms with van der Waals surface area (Å²) < 4.78 is 25.7. The standard InChI is InChI=1S/C10H6F2N2/c11-7-5-13-10(14-6-7)8-3-1-2-4-9(8)12/h1-6H. The van der Waals surface area contributed by atoms with Crippen molar-refractivity contribution in [2.24, 2.45) is 0 Å². The van der Waals surface area contributed by atoms with Crippen molar-refractivity contribution in [2.45, 2.75) is 0 Å². The second kappa shape index (κ2) is 3.49. The van der Waals surface area contributed by atoms with Gasteiger partial charge >= 0.3 is 0 Å². The lowest BCUT2D eigenvalue weighted by molar-refractivity contribution is 0.611. The normalized spacial score (nSPS) is 10.1. The zero-order valence-corrected chi connectivity index (χ0v) is 7.11. The molecule has 0 aliphatic rings. The first kappa shape index (κ1) is 8.74. The van der Waals surface area contributed by atoms with Crippen molar-refractivity contribution in [1.29, 1.82) is 0 Å². The van der Waals surface area contributed by atoms with Gasteiger partial charge in [-0.15, -0.1) is 0 Å². The first-order valence-corrected chi connectivity index (χ1v) is 4.00. The summed E-state index contributed by atoms with van der Waals surface area (Å²) in [5, 5.41) is 0. The molecule has 1 aromatic carbocycles. The number of nitrogens with zero attached hydrogens (tertiary/aromatic N) is 2. The summed E-state index contributed by atoms with van der Waals surface area (Å²) in [4.78, 5) is 7.37. The Hall–Kier alpha value is -1.84. The smallest absolute Gasteiger partial charge is 0.162 e. The molecule has 2 aromatic rings. The number of halogens is 2. The largest absolute Gasteiger partial charge is 0.233 e. The summed E-state index contributed by atoms with van der Waals surface area (Å²) in [5.74, 6) is -0.770. The van der Waals surface area contributed by atoms with E-state index in [4.69, 9.17) is 0 Å². The molecule has 1 heterocycles. The minimum atomic E-state index is -0.537. The Morgan fingerprint density at radius 3 is 2.21 bits per heavy atom. The molecule has 0 amide bonds. The van der Waals surface area contributed by atoms with Gasteiger partial charge in [0.2, 0.25) is 0 Å². The Kier molecular flexibility index (Phi) is 2.18. The maximum absolute atomic E-state index is 13.2. The molecule has 70 valence electrons. The summed E-state index contributed by atoms with van der Waals surface area (Å²) in [6, 6.07) is 6.10. The quantitative estimate of drug-likeness (QED) is 0.693. The maximum atomic E-state index is 13.2. The fraction of sp³-hybridized carbons (Fsp3) is 0. The second-order valence-corrected chi connectivity index (χ2v) is 2.70. The van der Waals surface area contributed by atoms with E-state index in [1.54, 1.807) is 18.2 Å². The highest BCUT2D eigenvalue weighted by Gasteiger charge is 2.05. The third-order valence-corrected chi connectivity index (χ3v) is 1.74. The summed E-state index contributed by atoms with van der Waals surface area (Å²) in [7, 11) is 0. The average molecular weight is 192 g/mol. The van der Waals surface area contributed by atoms with E-state index in [1.807, 2.05) is 0 Å². The van der Waals surface area contributed by atoms with Gasteiger partial charge in [0.15, 0.2) is 11.6 Å². The van der Waals surface area contributed by atoms with Crippen LogP contribution < -0.4 is 0 Å². The summed E-state index contributed by atoms with van der Waals surface area (Å²) in [6.45, 7) is 0. The molecule has 0 unspecified atom stereocenters. The van der Waals surface area contributed by atoms with Crippen LogP contribution in [-0.2, 0) is 0 Å². The van der Waals surface area contributed by atoms with E-state index in [9.17, 15) is 8.78 Å². The van der Waals surface area contributed by atoms with Gasteiger partial charge in [0.05, 0.1) is 18.0 Å². The molecule has 0 radical (unpaired) electrons. The highest BCUT2D eigenvalue weighted by atomic mass is 19.1. The van der Waals surface area contributed by atoms with E-state index in [2.05, 4.69) is 9.97 Å². The Bertz CT molecular complexity index is 440. The van der Waals surface area contributed by atoms with Gasteiger partial charge in [-0.3, -0.25) is 0 Å². The Balaban J connectivity index is 2.50. The van der Waals surface area contributed by atoms with Crippen LogP contribution in [0.1, 0.15) is 0 Å². The van der Waals surface area contributed by atoms with Gasteiger partial charge in [-0.05, 0) is 12.1 Å². The van der Waals surface area contributed by atoms with Gasteiger partial charge in [-0.2, -0.15) is 0 Å². The molecular weight excluding hydrogens is 186 g/mol. The lowest BCUT2D eigenvalue weighted by Gasteiger charge is -1.99. The molecule has 0 bridgehead atoms. The van der Waals surface area contributed by atoms with Crippen LogP contribution in [0.4, 0.5) is 8.78 Å². The molecule has 14 heavy (non-hydrogen) atoms. The lowest BCUT2D eigenvalue weighted by Crippen LogP contribution is -1.91. The van der Waals surface area contributed by atoms with Gasteiger partial charge in [0.25, 0.3) is 0 Å². The topological polar surface area (TPSA) is 25.8 Å². The zero-order chi connectivity index (χ0) is 9.97. The van der Waals surface area contributed by atoms with Gasteiger partial charge in [0, 0.05) is 0 Å². The number of hydrogen-bond donors (Lipinski definition) is 0. The monoisotopic (exact) mass is 192 g/mol. The molecule has 0 fully saturated rings. The molecule has 0 N–H and O–H groups in total. The molecule has 2 rings (SSSR count). The van der Waals surface area contributed by atoms with E-state index in [0.717, 1.165) is 12.4 Å². The molecule has 0 aliphatic heterocycles. The van der Waals surface area contributed by atoms with Gasteiger partial charge < -0.3 is 0 Å². The van der Waals surface area contributed by atoms with Crippen LogP contribution in [0.3, 0.4) is 0 Å². The molecule has 0 saturated heterocycles. The Morgan fingerprint density at radius 2 is 1.57 bits per heavy atom. The van der Waals surface area contributed by atoms with Crippen molar-refractivity contribution in [2.75, 3.05) is 0 Å². The number of aromatic nitrogens is 2. The highest BCUT2D eigenvalue weighted by Crippen LogP contribution is 2.17. The van der Waals surface area contributed by atoms with Crippen LogP contribution in [0.2, 0.25) is 0 Å². The maximum Gasteiger partial charge on any atom is 0.162 e. The molecule has 4 heteroatoms. The fourth-order valence-electron chi connectivity index (χ4n) is 1.09. The van der Waals surface area contributed by atoms with Crippen molar-refractivity contribution < 1.29 is 8.78 Å². The van der Waals surface area contributed by atoms with Crippen LogP contribution >= 0.6 is 0 Å². The highest BCUT2D eigenvalue weighted by molar-refractivity contribution is 5.54. The summed E-state index contributed by atoms with van der Waals surface area (Å²) >= 11 is 0. The van der Waals surface area contributed by atoms with Crippen molar-refractivity contribution >= 4 is 0 Å². The molecular formula is C10H6F2N2. The van der Waals surface area contributed by atoms with Crippen molar-refractivity contribution in [3.05, 3.63) is 48.3 Å². The predicted octanol–water partition coefficient (Wildman–Crippen LogP) is 2.42. The molecule has 0 aliphatic carbocycles. The van der Waals surface area contributed by atoms with E-state index in [1.165, 1.54) is 6.07 Å². The predicted molar refractivity (Wildman–Crippen MR) is 47.4 cm³/mol. The van der Waals surface area contributed by atoms with Gasteiger partial charge in [-0.1, -0.05) is 12.1 Å². The minimum Gasteiger partial charge on any atom is -0.233 e. The Morgan fingerprint density at radius 1 is 0.929 bits per heavy atom. The third kappa shape index (κ3) is 1.59. The van der Waals surface area contributed by atoms with Crippen LogP contribution in [0, 0.1) is 11.6 Å². The summed E-state index contributed by atoms with van der Waals surface area (Å²) in [6.07, 6.45) is 2.02. The van der Waals surface area contributed by atoms with E-state index in [0.29, 0.717) is 0 Å². The van der Waals surface area contributed by atoms with Crippen molar-refractivity contribution in [3.63, 3.8) is 0 Å². The van der Waals surface area contributed by atoms with Gasteiger partial charge in [-0.25, -0.2) is 18.7 Å². The van der Waals surface area contributed by atoms with Crippen LogP contribution in [0.25, 0.3) is 11.4 Å². The molecule has 1 aromatic heterocycles. The summed E-state index contributed by atoms with van der Waals surface area (Å²) in [5.41, 5.74) is 0.271. The molecule has 2 nitrogen and oxygen atoms in total. The van der Waals surface area contributed by atoms with Crippen LogP contribution in [0.15, 0.2) is 36.7 Å². The third-order valence-electron chi connectivity index (χ3n) is 1.74. The number of hydrogen-bond acceptors (Lipinski definition) is 2. The van der Waals surface area contributed by atoms with Gasteiger partial charge in [0.1, 0.15) is 5.82 Å². The second-order valence-electron chi connectivity index (χ2n) is 2.70. The molecule has 0 spiro atoms. The number of rotatable bonds is 1. The van der Waals surface area contributed by atoms with Crippen LogP contribution in [0.5, 0.6) is 0 Å². The first-order valence-electron chi connectivity index (χ1n) is 4.00. The minimum absolute atomic E-state index is 0.185. The van der Waals surface area contributed by atoms with Crippen LogP contribution in [-0.4, -0.2) is 9.97 Å². The SMILES string of the molecule is Fc1cnc(-c2ccccc2F)nc1. The lowest BCUT2D eigenvalue weighted by atomic mass is 10.2. The van der Waals surface area contributed by atoms with Crippen molar-refractivity contribution in [3.8, 4) is 11.4 Å². The zero-order valence-electron chi connectivity index (χ0n) is 7.11. The molecule has 0 atom stereocenters. The fourth-order valence-corrected chi connectivity index (χ4v) is 1.09. The number of benzene rings is 1.